The van der Waals surface area contributed by atoms with Crippen LogP contribution in [0.5, 0.6) is 0 Å². The topological polar surface area (TPSA) is 111 Å². The van der Waals surface area contributed by atoms with Crippen LogP contribution < -0.4 is 5.32 Å². The summed E-state index contributed by atoms with van der Waals surface area (Å²) in [5, 5.41) is 11.5. The first kappa shape index (κ1) is 11.9. The molecule has 2 aromatic rings. The van der Waals surface area contributed by atoms with Gasteiger partial charge in [0.15, 0.2) is 0 Å². The lowest BCUT2D eigenvalue weighted by Crippen LogP contribution is -2.14. The molecule has 2 heterocycles. The molecule has 0 saturated carbocycles. The third kappa shape index (κ3) is 1.97. The second kappa shape index (κ2) is 4.36. The molecule has 0 radical (unpaired) electrons. The summed E-state index contributed by atoms with van der Waals surface area (Å²) >= 11 is 0. The van der Waals surface area contributed by atoms with Crippen molar-refractivity contribution in [2.45, 2.75) is 13.8 Å². The van der Waals surface area contributed by atoms with E-state index in [1.807, 2.05) is 0 Å². The van der Waals surface area contributed by atoms with Crippen LogP contribution in [0.3, 0.4) is 0 Å². The van der Waals surface area contributed by atoms with Gasteiger partial charge in [-0.15, -0.1) is 0 Å². The highest BCUT2D eigenvalue weighted by molar-refractivity contribution is 6.07. The van der Waals surface area contributed by atoms with Crippen molar-refractivity contribution in [1.82, 2.24) is 15.0 Å². The van der Waals surface area contributed by atoms with Crippen LogP contribution in [-0.2, 0) is 0 Å². The highest BCUT2D eigenvalue weighted by Gasteiger charge is 2.21. The summed E-state index contributed by atoms with van der Waals surface area (Å²) in [6, 6.07) is 0. The maximum absolute atomic E-state index is 12.0. The molecule has 0 aliphatic rings. The number of carbonyl (C=O) groups is 2. The number of hydrogen-bond donors (Lipinski definition) is 4. The monoisotopic (exact) mass is 248 g/mol. The van der Waals surface area contributed by atoms with Crippen LogP contribution in [0.4, 0.5) is 5.95 Å². The number of aromatic amines is 2. The lowest BCUT2D eigenvalue weighted by atomic mass is 10.1. The van der Waals surface area contributed by atoms with Gasteiger partial charge in [0.1, 0.15) is 5.69 Å². The lowest BCUT2D eigenvalue weighted by molar-refractivity contribution is 0.0690. The Morgan fingerprint density at radius 1 is 1.39 bits per heavy atom. The smallest absolute Gasteiger partial charge is 0.352 e. The van der Waals surface area contributed by atoms with Crippen LogP contribution >= 0.6 is 0 Å². The van der Waals surface area contributed by atoms with E-state index in [0.29, 0.717) is 22.8 Å². The fourth-order valence-corrected chi connectivity index (χ4v) is 1.81. The van der Waals surface area contributed by atoms with Gasteiger partial charge in [-0.25, -0.2) is 9.78 Å². The summed E-state index contributed by atoms with van der Waals surface area (Å²) in [6.07, 6.45) is 3.09. The second-order valence-electron chi connectivity index (χ2n) is 3.82. The first-order valence-corrected chi connectivity index (χ1v) is 5.24. The van der Waals surface area contributed by atoms with Crippen molar-refractivity contribution in [3.05, 3.63) is 34.9 Å². The third-order valence-electron chi connectivity index (χ3n) is 2.61. The molecule has 18 heavy (non-hydrogen) atoms. The van der Waals surface area contributed by atoms with Gasteiger partial charge in [0.2, 0.25) is 5.95 Å². The molecule has 0 aliphatic carbocycles. The van der Waals surface area contributed by atoms with Gasteiger partial charge in [0.25, 0.3) is 5.91 Å². The van der Waals surface area contributed by atoms with Crippen LogP contribution in [0, 0.1) is 13.8 Å². The molecule has 0 unspecified atom stereocenters. The number of rotatable bonds is 3. The predicted molar refractivity (Wildman–Crippen MR) is 63.8 cm³/mol. The molecule has 0 spiro atoms. The maximum Gasteiger partial charge on any atom is 0.352 e. The summed E-state index contributed by atoms with van der Waals surface area (Å²) in [5.74, 6) is -1.17. The van der Waals surface area contributed by atoms with Gasteiger partial charge < -0.3 is 15.1 Å². The number of amides is 1. The van der Waals surface area contributed by atoms with Crippen LogP contribution in [0.25, 0.3) is 0 Å². The number of aromatic carboxylic acids is 1. The van der Waals surface area contributed by atoms with E-state index in [2.05, 4.69) is 20.3 Å². The van der Waals surface area contributed by atoms with Crippen molar-refractivity contribution in [2.75, 3.05) is 5.32 Å². The normalized spacial score (nSPS) is 10.3. The molecule has 4 N–H and O–H groups in total. The molecule has 94 valence electrons. The molecule has 0 aromatic carbocycles. The number of H-pyrrole nitrogens is 2. The van der Waals surface area contributed by atoms with Gasteiger partial charge >= 0.3 is 5.97 Å². The van der Waals surface area contributed by atoms with Crippen molar-refractivity contribution in [3.8, 4) is 0 Å². The molecule has 7 heteroatoms. The van der Waals surface area contributed by atoms with Crippen LogP contribution in [-0.4, -0.2) is 31.9 Å². The average molecular weight is 248 g/mol. The van der Waals surface area contributed by atoms with E-state index < -0.39 is 11.9 Å². The first-order valence-electron chi connectivity index (χ1n) is 5.24. The molecule has 0 atom stereocenters. The van der Waals surface area contributed by atoms with Gasteiger partial charge in [-0.3, -0.25) is 10.1 Å². The van der Waals surface area contributed by atoms with Crippen LogP contribution in [0.1, 0.15) is 32.1 Å². The van der Waals surface area contributed by atoms with E-state index in [1.54, 1.807) is 20.0 Å². The molecule has 0 fully saturated rings. The Balaban J connectivity index is 2.33. The number of hydrogen-bond acceptors (Lipinski definition) is 3. The Hall–Kier alpha value is -2.57. The van der Waals surface area contributed by atoms with E-state index >= 15 is 0 Å². The number of aryl methyl sites for hydroxylation is 1. The first-order chi connectivity index (χ1) is 8.50. The fraction of sp³-hybridized carbons (Fsp3) is 0.182. The molecule has 0 aliphatic heterocycles. The quantitative estimate of drug-likeness (QED) is 0.656. The van der Waals surface area contributed by atoms with Crippen molar-refractivity contribution in [2.24, 2.45) is 0 Å². The molecule has 0 bridgehead atoms. The number of carbonyl (C=O) groups excluding carboxylic acids is 1. The summed E-state index contributed by atoms with van der Waals surface area (Å²) in [5.41, 5.74) is 1.26. The Kier molecular flexibility index (Phi) is 2.88. The van der Waals surface area contributed by atoms with Gasteiger partial charge in [-0.05, 0) is 19.4 Å². The minimum atomic E-state index is -1.09. The SMILES string of the molecule is Cc1[nH]c(C(=O)O)c(C)c1C(=O)Nc1ncc[nH]1. The van der Waals surface area contributed by atoms with Crippen LogP contribution in [0.15, 0.2) is 12.4 Å². The van der Waals surface area contributed by atoms with Crippen molar-refractivity contribution >= 4 is 17.8 Å². The maximum atomic E-state index is 12.0. The number of imidazole rings is 1. The third-order valence-corrected chi connectivity index (χ3v) is 2.61. The number of carboxylic acids is 1. The van der Waals surface area contributed by atoms with Crippen molar-refractivity contribution in [1.29, 1.82) is 0 Å². The summed E-state index contributed by atoms with van der Waals surface area (Å²) in [7, 11) is 0. The van der Waals surface area contributed by atoms with Crippen molar-refractivity contribution in [3.63, 3.8) is 0 Å². The largest absolute Gasteiger partial charge is 0.477 e. The summed E-state index contributed by atoms with van der Waals surface area (Å²) in [4.78, 5) is 32.2. The lowest BCUT2D eigenvalue weighted by Gasteiger charge is -2.02. The van der Waals surface area contributed by atoms with Gasteiger partial charge in [-0.1, -0.05) is 0 Å². The molecular weight excluding hydrogens is 236 g/mol. The average Bonchev–Trinajstić information content (AvgIpc) is 2.86. The number of aromatic nitrogens is 3. The number of anilines is 1. The predicted octanol–water partition coefficient (Wildman–Crippen LogP) is 1.31. The van der Waals surface area contributed by atoms with Crippen molar-refractivity contribution < 1.29 is 14.7 Å². The number of carboxylic acid groups (broad SMARTS) is 1. The molecule has 7 nitrogen and oxygen atoms in total. The Bertz CT molecular complexity index is 598. The van der Waals surface area contributed by atoms with Gasteiger partial charge in [-0.2, -0.15) is 0 Å². The standard InChI is InChI=1S/C11H12N4O3/c1-5-7(6(2)14-8(5)10(17)18)9(16)15-11-12-3-4-13-11/h3-4,14H,1-2H3,(H,17,18)(H2,12,13,15,16). The zero-order valence-corrected chi connectivity index (χ0v) is 9.87. The highest BCUT2D eigenvalue weighted by atomic mass is 16.4. The number of nitrogens with one attached hydrogen (secondary N) is 3. The molecule has 2 rings (SSSR count). The van der Waals surface area contributed by atoms with E-state index in [1.165, 1.54) is 6.20 Å². The summed E-state index contributed by atoms with van der Waals surface area (Å²) < 4.78 is 0. The molecule has 2 aromatic heterocycles. The zero-order chi connectivity index (χ0) is 13.3. The minimum absolute atomic E-state index is 0.0251. The number of nitrogens with zero attached hydrogens (tertiary/aromatic N) is 1. The van der Waals surface area contributed by atoms with E-state index in [4.69, 9.17) is 5.11 Å². The Morgan fingerprint density at radius 2 is 2.11 bits per heavy atom. The molecule has 0 saturated heterocycles. The Morgan fingerprint density at radius 3 is 2.61 bits per heavy atom. The Labute approximate surface area is 102 Å². The fourth-order valence-electron chi connectivity index (χ4n) is 1.81. The molecule has 1 amide bonds. The summed E-state index contributed by atoms with van der Waals surface area (Å²) in [6.45, 7) is 3.24. The zero-order valence-electron chi connectivity index (χ0n) is 9.87. The van der Waals surface area contributed by atoms with E-state index in [0.717, 1.165) is 0 Å². The van der Waals surface area contributed by atoms with Gasteiger partial charge in [0, 0.05) is 18.1 Å². The highest BCUT2D eigenvalue weighted by Crippen LogP contribution is 2.18. The second-order valence-corrected chi connectivity index (χ2v) is 3.82. The minimum Gasteiger partial charge on any atom is -0.477 e. The van der Waals surface area contributed by atoms with E-state index in [-0.39, 0.29) is 5.69 Å². The molecular formula is C11H12N4O3. The van der Waals surface area contributed by atoms with Crippen LogP contribution in [0.2, 0.25) is 0 Å². The van der Waals surface area contributed by atoms with E-state index in [9.17, 15) is 9.59 Å². The van der Waals surface area contributed by atoms with Gasteiger partial charge in [0.05, 0.1) is 5.56 Å².